The van der Waals surface area contributed by atoms with Gasteiger partial charge in [0, 0.05) is 12.6 Å². The van der Waals surface area contributed by atoms with Crippen LogP contribution >= 0.6 is 0 Å². The highest BCUT2D eigenvalue weighted by atomic mass is 16.5. The Bertz CT molecular complexity index is 479. The van der Waals surface area contributed by atoms with Gasteiger partial charge in [0.2, 0.25) is 0 Å². The lowest BCUT2D eigenvalue weighted by Gasteiger charge is -2.29. The molecule has 1 aromatic carbocycles. The molecule has 1 aliphatic heterocycles. The number of nitriles is 1. The highest BCUT2D eigenvalue weighted by molar-refractivity contribution is 5.34. The monoisotopic (exact) mass is 288 g/mol. The SMILES string of the molecule is CC(C)C1CCCN1CC(O)COc1ccc(C#N)cc1. The van der Waals surface area contributed by atoms with Crippen LogP contribution in [0.5, 0.6) is 5.75 Å². The van der Waals surface area contributed by atoms with Crippen molar-refractivity contribution < 1.29 is 9.84 Å². The number of rotatable bonds is 6. The molecule has 4 heteroatoms. The Morgan fingerprint density at radius 3 is 2.71 bits per heavy atom. The molecule has 0 bridgehead atoms. The maximum atomic E-state index is 10.2. The number of hydrogen-bond donors (Lipinski definition) is 1. The molecule has 21 heavy (non-hydrogen) atoms. The second-order valence-corrected chi connectivity index (χ2v) is 6.05. The van der Waals surface area contributed by atoms with Gasteiger partial charge in [-0.3, -0.25) is 4.90 Å². The van der Waals surface area contributed by atoms with Crippen LogP contribution in [-0.4, -0.2) is 41.8 Å². The lowest BCUT2D eigenvalue weighted by Crippen LogP contribution is -2.40. The summed E-state index contributed by atoms with van der Waals surface area (Å²) >= 11 is 0. The maximum absolute atomic E-state index is 10.2. The molecule has 1 saturated heterocycles. The van der Waals surface area contributed by atoms with Crippen molar-refractivity contribution in [3.05, 3.63) is 29.8 Å². The number of ether oxygens (including phenoxy) is 1. The van der Waals surface area contributed by atoms with Crippen LogP contribution in [0.1, 0.15) is 32.3 Å². The zero-order chi connectivity index (χ0) is 15.2. The summed E-state index contributed by atoms with van der Waals surface area (Å²) in [5.74, 6) is 1.31. The van der Waals surface area contributed by atoms with Crippen molar-refractivity contribution in [1.82, 2.24) is 4.90 Å². The number of nitrogens with zero attached hydrogens (tertiary/aromatic N) is 2. The summed E-state index contributed by atoms with van der Waals surface area (Å²) in [5.41, 5.74) is 0.611. The van der Waals surface area contributed by atoms with Crippen molar-refractivity contribution in [2.45, 2.75) is 38.8 Å². The molecule has 0 radical (unpaired) electrons. The molecule has 1 heterocycles. The van der Waals surface area contributed by atoms with Crippen LogP contribution in [0.4, 0.5) is 0 Å². The second-order valence-electron chi connectivity index (χ2n) is 6.05. The molecule has 0 saturated carbocycles. The minimum absolute atomic E-state index is 0.285. The van der Waals surface area contributed by atoms with E-state index in [4.69, 9.17) is 10.00 Å². The minimum atomic E-state index is -0.486. The van der Waals surface area contributed by atoms with Crippen molar-refractivity contribution in [2.75, 3.05) is 19.7 Å². The van der Waals surface area contributed by atoms with Gasteiger partial charge in [-0.2, -0.15) is 5.26 Å². The Morgan fingerprint density at radius 1 is 1.38 bits per heavy atom. The van der Waals surface area contributed by atoms with Gasteiger partial charge in [-0.05, 0) is 49.6 Å². The number of aliphatic hydroxyl groups is 1. The predicted octanol–water partition coefficient (Wildman–Crippen LogP) is 2.42. The van der Waals surface area contributed by atoms with Crippen LogP contribution in [-0.2, 0) is 0 Å². The highest BCUT2D eigenvalue weighted by Gasteiger charge is 2.28. The molecule has 0 aromatic heterocycles. The van der Waals surface area contributed by atoms with Crippen molar-refractivity contribution in [1.29, 1.82) is 5.26 Å². The van der Waals surface area contributed by atoms with Gasteiger partial charge in [0.25, 0.3) is 0 Å². The molecule has 1 aromatic rings. The molecular weight excluding hydrogens is 264 g/mol. The average molecular weight is 288 g/mol. The van der Waals surface area contributed by atoms with E-state index in [-0.39, 0.29) is 6.61 Å². The zero-order valence-corrected chi connectivity index (χ0v) is 12.8. The summed E-state index contributed by atoms with van der Waals surface area (Å²) in [5, 5.41) is 18.9. The molecule has 2 atom stereocenters. The third-order valence-corrected chi connectivity index (χ3v) is 4.05. The van der Waals surface area contributed by atoms with Crippen molar-refractivity contribution in [2.24, 2.45) is 5.92 Å². The summed E-state index contributed by atoms with van der Waals surface area (Å²) in [6.45, 7) is 6.49. The van der Waals surface area contributed by atoms with Gasteiger partial charge in [-0.1, -0.05) is 13.8 Å². The van der Waals surface area contributed by atoms with Crippen LogP contribution in [0.25, 0.3) is 0 Å². The number of likely N-dealkylation sites (tertiary alicyclic amines) is 1. The largest absolute Gasteiger partial charge is 0.491 e. The number of hydrogen-bond acceptors (Lipinski definition) is 4. The summed E-state index contributed by atoms with van der Waals surface area (Å²) < 4.78 is 5.59. The van der Waals surface area contributed by atoms with Crippen LogP contribution in [0, 0.1) is 17.2 Å². The molecule has 1 aliphatic rings. The Morgan fingerprint density at radius 2 is 2.10 bits per heavy atom. The van der Waals surface area contributed by atoms with Gasteiger partial charge in [0.05, 0.1) is 11.6 Å². The first-order valence-electron chi connectivity index (χ1n) is 7.65. The van der Waals surface area contributed by atoms with Crippen LogP contribution in [0.2, 0.25) is 0 Å². The predicted molar refractivity (Wildman–Crippen MR) is 82.1 cm³/mol. The highest BCUT2D eigenvalue weighted by Crippen LogP contribution is 2.23. The molecule has 1 N–H and O–H groups in total. The van der Waals surface area contributed by atoms with Crippen LogP contribution < -0.4 is 4.74 Å². The standard InChI is InChI=1S/C17H24N2O2/c1-13(2)17-4-3-9-19(17)11-15(20)12-21-16-7-5-14(10-18)6-8-16/h5-8,13,15,17,20H,3-4,9,11-12H2,1-2H3. The van der Waals surface area contributed by atoms with E-state index in [0.29, 0.717) is 29.8 Å². The number of β-amino-alcohol motifs (C(OH)–C–C–N with tert-alkyl or cyclic N) is 1. The second kappa shape index (κ2) is 7.44. The Kier molecular flexibility index (Phi) is 5.60. The lowest BCUT2D eigenvalue weighted by atomic mass is 10.0. The number of aliphatic hydroxyl groups excluding tert-OH is 1. The molecular formula is C17H24N2O2. The lowest BCUT2D eigenvalue weighted by molar-refractivity contribution is 0.0571. The zero-order valence-electron chi connectivity index (χ0n) is 12.8. The Balaban J connectivity index is 1.79. The van der Waals surface area contributed by atoms with Crippen LogP contribution in [0.15, 0.2) is 24.3 Å². The van der Waals surface area contributed by atoms with E-state index in [1.807, 2.05) is 0 Å². The summed E-state index contributed by atoms with van der Waals surface area (Å²) in [4.78, 5) is 2.37. The summed E-state index contributed by atoms with van der Waals surface area (Å²) in [6, 6.07) is 9.61. The van der Waals surface area contributed by atoms with E-state index in [2.05, 4.69) is 24.8 Å². The topological polar surface area (TPSA) is 56.5 Å². The third-order valence-electron chi connectivity index (χ3n) is 4.05. The van der Waals surface area contributed by atoms with Gasteiger partial charge < -0.3 is 9.84 Å². The fraction of sp³-hybridized carbons (Fsp3) is 0.588. The van der Waals surface area contributed by atoms with Gasteiger partial charge in [-0.25, -0.2) is 0 Å². The minimum Gasteiger partial charge on any atom is -0.491 e. The fourth-order valence-electron chi connectivity index (χ4n) is 2.98. The van der Waals surface area contributed by atoms with E-state index >= 15 is 0 Å². The fourth-order valence-corrected chi connectivity index (χ4v) is 2.98. The first kappa shape index (κ1) is 15.8. The third kappa shape index (κ3) is 4.45. The van der Waals surface area contributed by atoms with Crippen molar-refractivity contribution in [3.63, 3.8) is 0 Å². The van der Waals surface area contributed by atoms with E-state index < -0.39 is 6.10 Å². The molecule has 0 amide bonds. The molecule has 1 fully saturated rings. The van der Waals surface area contributed by atoms with E-state index in [9.17, 15) is 5.11 Å². The number of benzene rings is 1. The van der Waals surface area contributed by atoms with Gasteiger partial charge in [0.1, 0.15) is 18.5 Å². The van der Waals surface area contributed by atoms with Gasteiger partial charge >= 0.3 is 0 Å². The first-order valence-corrected chi connectivity index (χ1v) is 7.65. The van der Waals surface area contributed by atoms with Crippen LogP contribution in [0.3, 0.4) is 0 Å². The smallest absolute Gasteiger partial charge is 0.119 e. The average Bonchev–Trinajstić information content (AvgIpc) is 2.94. The van der Waals surface area contributed by atoms with Gasteiger partial charge in [-0.15, -0.1) is 0 Å². The summed E-state index contributed by atoms with van der Waals surface area (Å²) in [6.07, 6.45) is 1.95. The quantitative estimate of drug-likeness (QED) is 0.873. The molecule has 2 unspecified atom stereocenters. The Hall–Kier alpha value is -1.57. The maximum Gasteiger partial charge on any atom is 0.119 e. The Labute approximate surface area is 127 Å². The van der Waals surface area contributed by atoms with Crippen molar-refractivity contribution in [3.8, 4) is 11.8 Å². The molecule has 0 spiro atoms. The molecule has 2 rings (SSSR count). The normalized spacial score (nSPS) is 20.4. The van der Waals surface area contributed by atoms with Crippen molar-refractivity contribution >= 4 is 0 Å². The molecule has 114 valence electrons. The molecule has 4 nitrogen and oxygen atoms in total. The van der Waals surface area contributed by atoms with E-state index in [1.54, 1.807) is 24.3 Å². The summed E-state index contributed by atoms with van der Waals surface area (Å²) in [7, 11) is 0. The van der Waals surface area contributed by atoms with Gasteiger partial charge in [0.15, 0.2) is 0 Å². The molecule has 0 aliphatic carbocycles. The first-order chi connectivity index (χ1) is 10.1. The van der Waals surface area contributed by atoms with E-state index in [1.165, 1.54) is 12.8 Å². The van der Waals surface area contributed by atoms with E-state index in [0.717, 1.165) is 6.54 Å².